The maximum Gasteiger partial charge on any atom is 0.158 e. The van der Waals surface area contributed by atoms with Gasteiger partial charge in [-0.1, -0.05) is 0 Å². The van der Waals surface area contributed by atoms with Crippen molar-refractivity contribution in [2.45, 2.75) is 13.0 Å². The molecule has 186 valence electrons. The molecule has 7 rings (SSSR count). The number of fused-ring (bicyclic) bond motifs is 5. The average molecular weight is 495 g/mol. The molecule has 0 radical (unpaired) electrons. The molecule has 0 saturated carbocycles. The summed E-state index contributed by atoms with van der Waals surface area (Å²) in [6.07, 6.45) is 4.94. The SMILES string of the molecule is Cc1cc(Nc2ncnc3cc4c(cc23)N2CCN(C)CC2CO4)ccc1Oc1ccn2ncnc2c1. The Bertz CT molecular complexity index is 1630. The van der Waals surface area contributed by atoms with Gasteiger partial charge in [0.25, 0.3) is 0 Å². The van der Waals surface area contributed by atoms with Crippen molar-refractivity contribution in [3.63, 3.8) is 0 Å². The Morgan fingerprint density at radius 2 is 1.97 bits per heavy atom. The molecule has 0 spiro atoms. The molecule has 10 heteroatoms. The van der Waals surface area contributed by atoms with Crippen LogP contribution in [0.2, 0.25) is 0 Å². The highest BCUT2D eigenvalue weighted by atomic mass is 16.5. The minimum Gasteiger partial charge on any atom is -0.489 e. The van der Waals surface area contributed by atoms with Gasteiger partial charge in [0.2, 0.25) is 0 Å². The van der Waals surface area contributed by atoms with Crippen LogP contribution in [0.3, 0.4) is 0 Å². The molecule has 0 bridgehead atoms. The normalized spacial score (nSPS) is 17.4. The summed E-state index contributed by atoms with van der Waals surface area (Å²) in [5.41, 5.74) is 4.61. The van der Waals surface area contributed by atoms with Crippen LogP contribution in [-0.4, -0.2) is 68.8 Å². The van der Waals surface area contributed by atoms with Gasteiger partial charge in [-0.05, 0) is 49.9 Å². The second kappa shape index (κ2) is 8.59. The number of likely N-dealkylation sites (N-methyl/N-ethyl adjacent to an activating group) is 1. The first-order valence-electron chi connectivity index (χ1n) is 12.3. The van der Waals surface area contributed by atoms with E-state index in [1.165, 1.54) is 6.33 Å². The van der Waals surface area contributed by atoms with Crippen LogP contribution in [0.5, 0.6) is 17.2 Å². The van der Waals surface area contributed by atoms with Crippen molar-refractivity contribution in [1.29, 1.82) is 0 Å². The summed E-state index contributed by atoms with van der Waals surface area (Å²) in [6, 6.07) is 14.3. The highest BCUT2D eigenvalue weighted by molar-refractivity contribution is 5.95. The molecule has 2 aromatic carbocycles. The zero-order chi connectivity index (χ0) is 24.9. The summed E-state index contributed by atoms with van der Waals surface area (Å²) in [5, 5.41) is 8.58. The lowest BCUT2D eigenvalue weighted by Crippen LogP contribution is -2.56. The Hall–Kier alpha value is -4.44. The molecule has 37 heavy (non-hydrogen) atoms. The number of ether oxygens (including phenoxy) is 2. The molecule has 0 amide bonds. The van der Waals surface area contributed by atoms with Gasteiger partial charge in [-0.2, -0.15) is 5.10 Å². The number of aromatic nitrogens is 5. The van der Waals surface area contributed by atoms with Gasteiger partial charge in [-0.25, -0.2) is 19.5 Å². The molecule has 1 saturated heterocycles. The minimum atomic E-state index is 0.352. The van der Waals surface area contributed by atoms with Crippen LogP contribution in [0.4, 0.5) is 17.2 Å². The van der Waals surface area contributed by atoms with E-state index < -0.39 is 0 Å². The Morgan fingerprint density at radius 1 is 1.03 bits per heavy atom. The van der Waals surface area contributed by atoms with Crippen molar-refractivity contribution >= 4 is 33.7 Å². The predicted octanol–water partition coefficient (Wildman–Crippen LogP) is 4.03. The molecule has 1 N–H and O–H groups in total. The van der Waals surface area contributed by atoms with Crippen molar-refractivity contribution in [2.24, 2.45) is 0 Å². The Balaban J connectivity index is 1.17. The number of nitrogens with zero attached hydrogens (tertiary/aromatic N) is 7. The third-order valence-electron chi connectivity index (χ3n) is 7.06. The number of nitrogens with one attached hydrogen (secondary N) is 1. The second-order valence-electron chi connectivity index (χ2n) is 9.61. The second-order valence-corrected chi connectivity index (χ2v) is 9.61. The minimum absolute atomic E-state index is 0.352. The number of benzene rings is 2. The van der Waals surface area contributed by atoms with E-state index in [-0.39, 0.29) is 0 Å². The number of piperazine rings is 1. The molecule has 0 aliphatic carbocycles. The summed E-state index contributed by atoms with van der Waals surface area (Å²) in [4.78, 5) is 18.1. The molecular weight excluding hydrogens is 468 g/mol. The van der Waals surface area contributed by atoms with Crippen LogP contribution < -0.4 is 19.7 Å². The Morgan fingerprint density at radius 3 is 2.89 bits per heavy atom. The molecule has 3 aromatic heterocycles. The topological polar surface area (TPSA) is 92.9 Å². The third-order valence-corrected chi connectivity index (χ3v) is 7.06. The predicted molar refractivity (Wildman–Crippen MR) is 141 cm³/mol. The van der Waals surface area contributed by atoms with E-state index >= 15 is 0 Å². The van der Waals surface area contributed by atoms with Crippen LogP contribution in [0.25, 0.3) is 16.6 Å². The third kappa shape index (κ3) is 3.95. The van der Waals surface area contributed by atoms with Crippen LogP contribution in [0, 0.1) is 6.92 Å². The fraction of sp³-hybridized carbons (Fsp3) is 0.259. The molecule has 5 heterocycles. The lowest BCUT2D eigenvalue weighted by molar-refractivity contribution is 0.188. The first kappa shape index (κ1) is 21.8. The molecule has 1 fully saturated rings. The lowest BCUT2D eigenvalue weighted by Gasteiger charge is -2.44. The number of aryl methyl sites for hydroxylation is 1. The molecular formula is C27H26N8O2. The summed E-state index contributed by atoms with van der Waals surface area (Å²) >= 11 is 0. The fourth-order valence-electron chi connectivity index (χ4n) is 5.13. The smallest absolute Gasteiger partial charge is 0.158 e. The Labute approximate surface area is 213 Å². The molecule has 1 unspecified atom stereocenters. The number of hydrogen-bond acceptors (Lipinski definition) is 9. The zero-order valence-electron chi connectivity index (χ0n) is 20.6. The summed E-state index contributed by atoms with van der Waals surface area (Å²) in [7, 11) is 2.16. The van der Waals surface area contributed by atoms with Gasteiger partial charge in [-0.15, -0.1) is 0 Å². The molecule has 2 aliphatic rings. The van der Waals surface area contributed by atoms with Gasteiger partial charge in [0, 0.05) is 49.0 Å². The van der Waals surface area contributed by atoms with Crippen molar-refractivity contribution in [2.75, 3.05) is 43.5 Å². The van der Waals surface area contributed by atoms with Crippen molar-refractivity contribution in [1.82, 2.24) is 29.5 Å². The largest absolute Gasteiger partial charge is 0.489 e. The van der Waals surface area contributed by atoms with E-state index in [4.69, 9.17) is 9.47 Å². The van der Waals surface area contributed by atoms with Crippen LogP contribution >= 0.6 is 0 Å². The number of anilines is 3. The summed E-state index contributed by atoms with van der Waals surface area (Å²) < 4.78 is 14.0. The zero-order valence-corrected chi connectivity index (χ0v) is 20.6. The van der Waals surface area contributed by atoms with Crippen LogP contribution in [0.15, 0.2) is 61.3 Å². The van der Waals surface area contributed by atoms with E-state index in [1.54, 1.807) is 10.8 Å². The Kier molecular flexibility index (Phi) is 5.07. The van der Waals surface area contributed by atoms with Gasteiger partial charge in [0.15, 0.2) is 5.65 Å². The van der Waals surface area contributed by atoms with Crippen LogP contribution in [0.1, 0.15) is 5.56 Å². The van der Waals surface area contributed by atoms with Gasteiger partial charge in [0.1, 0.15) is 42.3 Å². The average Bonchev–Trinajstić information content (AvgIpc) is 3.37. The van der Waals surface area contributed by atoms with Gasteiger partial charge >= 0.3 is 0 Å². The van der Waals surface area contributed by atoms with Crippen molar-refractivity contribution < 1.29 is 9.47 Å². The van der Waals surface area contributed by atoms with Crippen molar-refractivity contribution in [3.05, 3.63) is 66.9 Å². The highest BCUT2D eigenvalue weighted by Gasteiger charge is 2.32. The first-order valence-corrected chi connectivity index (χ1v) is 12.3. The van der Waals surface area contributed by atoms with E-state index in [0.29, 0.717) is 18.4 Å². The van der Waals surface area contributed by atoms with Gasteiger partial charge < -0.3 is 24.6 Å². The van der Waals surface area contributed by atoms with E-state index in [1.807, 2.05) is 43.5 Å². The summed E-state index contributed by atoms with van der Waals surface area (Å²) in [5.74, 6) is 3.13. The van der Waals surface area contributed by atoms with Crippen LogP contribution in [-0.2, 0) is 0 Å². The molecule has 10 nitrogen and oxygen atoms in total. The highest BCUT2D eigenvalue weighted by Crippen LogP contribution is 2.40. The van der Waals surface area contributed by atoms with Gasteiger partial charge in [0.05, 0.1) is 17.2 Å². The molecule has 5 aromatic rings. The maximum absolute atomic E-state index is 6.13. The van der Waals surface area contributed by atoms with Crippen molar-refractivity contribution in [3.8, 4) is 17.2 Å². The van der Waals surface area contributed by atoms with E-state index in [0.717, 1.165) is 70.4 Å². The first-order chi connectivity index (χ1) is 18.1. The molecule has 1 atom stereocenters. The van der Waals surface area contributed by atoms with Gasteiger partial charge in [-0.3, -0.25) is 0 Å². The fourth-order valence-corrected chi connectivity index (χ4v) is 5.13. The molecule has 2 aliphatic heterocycles. The quantitative estimate of drug-likeness (QED) is 0.397. The maximum atomic E-state index is 6.13. The number of pyridine rings is 1. The standard InChI is InChI=1S/C27H26N8O2/c1-17-9-18(3-4-24(17)37-20-5-6-35-26(10-20)29-16-31-35)32-27-21-11-23-25(12-22(21)28-15-30-27)36-14-19-13-33(2)7-8-34(19)23/h3-6,9-12,15-16,19H,7-8,13-14H2,1-2H3,(H,28,30,32). The summed E-state index contributed by atoms with van der Waals surface area (Å²) in [6.45, 7) is 5.72. The van der Waals surface area contributed by atoms with E-state index in [2.05, 4.69) is 54.3 Å². The number of hydrogen-bond donors (Lipinski definition) is 1. The number of rotatable bonds is 4. The lowest BCUT2D eigenvalue weighted by atomic mass is 10.1. The monoisotopic (exact) mass is 494 g/mol. The van der Waals surface area contributed by atoms with E-state index in [9.17, 15) is 0 Å².